The summed E-state index contributed by atoms with van der Waals surface area (Å²) in [5.74, 6) is 0.663. The van der Waals surface area contributed by atoms with E-state index in [1.807, 2.05) is 19.1 Å². The lowest BCUT2D eigenvalue weighted by Crippen LogP contribution is -2.02. The molecule has 7 heteroatoms. The van der Waals surface area contributed by atoms with Gasteiger partial charge in [-0.25, -0.2) is 0 Å². The number of rotatable bonds is 5. The molecule has 0 saturated heterocycles. The number of hydrogen-bond acceptors (Lipinski definition) is 4. The normalized spacial score (nSPS) is 10.4. The van der Waals surface area contributed by atoms with Crippen LogP contribution in [0, 0.1) is 17.0 Å². The molecule has 0 radical (unpaired) electrons. The second-order valence-corrected chi connectivity index (χ2v) is 5.68. The summed E-state index contributed by atoms with van der Waals surface area (Å²) in [5, 5.41) is 11.5. The minimum absolute atomic E-state index is 0.0267. The van der Waals surface area contributed by atoms with Crippen molar-refractivity contribution in [1.82, 2.24) is 4.98 Å². The van der Waals surface area contributed by atoms with Gasteiger partial charge in [-0.3, -0.25) is 15.1 Å². The quantitative estimate of drug-likeness (QED) is 0.408. The Morgan fingerprint density at radius 1 is 1.33 bits per heavy atom. The Hall–Kier alpha value is -1.47. The van der Waals surface area contributed by atoms with Gasteiger partial charge < -0.3 is 4.74 Å². The molecule has 0 aliphatic rings. The second-order valence-electron chi connectivity index (χ2n) is 4.33. The fourth-order valence-corrected chi connectivity index (χ4v) is 2.72. The van der Waals surface area contributed by atoms with Crippen LogP contribution in [0.4, 0.5) is 5.69 Å². The summed E-state index contributed by atoms with van der Waals surface area (Å²) in [4.78, 5) is 14.9. The van der Waals surface area contributed by atoms with E-state index < -0.39 is 4.92 Å². The Balaban J connectivity index is 2.21. The Morgan fingerprint density at radius 2 is 2.10 bits per heavy atom. The molecule has 5 nitrogen and oxygen atoms in total. The molecule has 1 aromatic carbocycles. The molecule has 0 atom stereocenters. The van der Waals surface area contributed by atoms with Gasteiger partial charge in [-0.15, -0.1) is 0 Å². The van der Waals surface area contributed by atoms with Gasteiger partial charge in [0.15, 0.2) is 0 Å². The van der Waals surface area contributed by atoms with Crippen LogP contribution in [-0.2, 0) is 11.9 Å². The third kappa shape index (κ3) is 3.79. The first-order valence-electron chi connectivity index (χ1n) is 6.10. The maximum absolute atomic E-state index is 10.9. The number of aryl methyl sites for hydroxylation is 1. The zero-order valence-electron chi connectivity index (χ0n) is 11.2. The molecule has 0 saturated carbocycles. The maximum atomic E-state index is 10.9. The van der Waals surface area contributed by atoms with Crippen LogP contribution >= 0.6 is 31.9 Å². The summed E-state index contributed by atoms with van der Waals surface area (Å²) in [6.07, 6.45) is 0. The summed E-state index contributed by atoms with van der Waals surface area (Å²) in [7, 11) is 0. The molecule has 21 heavy (non-hydrogen) atoms. The van der Waals surface area contributed by atoms with Gasteiger partial charge in [-0.05, 0) is 35.0 Å². The second kappa shape index (κ2) is 7.00. The molecule has 0 bridgehead atoms. The highest BCUT2D eigenvalue weighted by molar-refractivity contribution is 9.10. The summed E-state index contributed by atoms with van der Waals surface area (Å²) in [5.41, 5.74) is 2.45. The predicted molar refractivity (Wildman–Crippen MR) is 86.7 cm³/mol. The van der Waals surface area contributed by atoms with E-state index in [-0.39, 0.29) is 12.3 Å². The van der Waals surface area contributed by atoms with Gasteiger partial charge in [0.05, 0.1) is 10.6 Å². The Kier molecular flexibility index (Phi) is 5.30. The van der Waals surface area contributed by atoms with Crippen molar-refractivity contribution >= 4 is 37.5 Å². The van der Waals surface area contributed by atoms with Crippen molar-refractivity contribution in [2.24, 2.45) is 0 Å². The predicted octanol–water partition coefficient (Wildman–Crippen LogP) is 4.53. The third-order valence-electron chi connectivity index (χ3n) is 2.84. The maximum Gasteiger partial charge on any atom is 0.283 e. The lowest BCUT2D eigenvalue weighted by molar-refractivity contribution is -0.385. The number of alkyl halides is 1. The first-order valence-corrected chi connectivity index (χ1v) is 8.01. The monoisotopic (exact) mass is 414 g/mol. The summed E-state index contributed by atoms with van der Waals surface area (Å²) in [6, 6.07) is 8.59. The van der Waals surface area contributed by atoms with E-state index in [0.717, 1.165) is 11.4 Å². The van der Waals surface area contributed by atoms with Crippen molar-refractivity contribution in [3.05, 3.63) is 61.9 Å². The summed E-state index contributed by atoms with van der Waals surface area (Å²) in [6.45, 7) is 2.14. The standard InChI is InChI=1S/C14H12Br2N2O3/c1-9-5-6-13(11(7-15)17-9)21-8-10-3-2-4-12(14(10)16)18(19)20/h2-6H,7-8H2,1H3. The highest BCUT2D eigenvalue weighted by atomic mass is 79.9. The zero-order valence-corrected chi connectivity index (χ0v) is 14.3. The number of nitrogens with zero attached hydrogens (tertiary/aromatic N) is 2. The average Bonchev–Trinajstić information content (AvgIpc) is 2.46. The van der Waals surface area contributed by atoms with Crippen molar-refractivity contribution in [2.45, 2.75) is 18.9 Å². The highest BCUT2D eigenvalue weighted by Gasteiger charge is 2.15. The molecule has 0 fully saturated rings. The third-order valence-corrected chi connectivity index (χ3v) is 4.28. The van der Waals surface area contributed by atoms with Crippen molar-refractivity contribution in [2.75, 3.05) is 0 Å². The number of nitro groups is 1. The van der Waals surface area contributed by atoms with Crippen molar-refractivity contribution < 1.29 is 9.66 Å². The number of pyridine rings is 1. The van der Waals surface area contributed by atoms with Crippen LogP contribution in [0.5, 0.6) is 5.75 Å². The molecule has 2 aromatic rings. The van der Waals surface area contributed by atoms with Gasteiger partial charge >= 0.3 is 0 Å². The van der Waals surface area contributed by atoms with E-state index in [4.69, 9.17) is 4.74 Å². The molecule has 0 aliphatic carbocycles. The van der Waals surface area contributed by atoms with Crippen LogP contribution in [0.1, 0.15) is 17.0 Å². The van der Waals surface area contributed by atoms with E-state index >= 15 is 0 Å². The minimum atomic E-state index is -0.426. The molecule has 1 heterocycles. The van der Waals surface area contributed by atoms with Crippen LogP contribution in [0.25, 0.3) is 0 Å². The number of nitro benzene ring substituents is 1. The zero-order chi connectivity index (χ0) is 15.4. The van der Waals surface area contributed by atoms with E-state index in [1.165, 1.54) is 6.07 Å². The lowest BCUT2D eigenvalue weighted by Gasteiger charge is -2.11. The average molecular weight is 416 g/mol. The molecule has 0 unspecified atom stereocenters. The van der Waals surface area contributed by atoms with Crippen LogP contribution in [0.3, 0.4) is 0 Å². The summed E-state index contributed by atoms with van der Waals surface area (Å²) < 4.78 is 6.18. The van der Waals surface area contributed by atoms with Crippen molar-refractivity contribution in [3.8, 4) is 5.75 Å². The fraction of sp³-hybridized carbons (Fsp3) is 0.214. The molecule has 0 spiro atoms. The van der Waals surface area contributed by atoms with Gasteiger partial charge in [0, 0.05) is 22.7 Å². The largest absolute Gasteiger partial charge is 0.487 e. The smallest absolute Gasteiger partial charge is 0.283 e. The Labute approximate surface area is 138 Å². The fourth-order valence-electron chi connectivity index (χ4n) is 1.80. The van der Waals surface area contributed by atoms with Gasteiger partial charge in [-0.2, -0.15) is 0 Å². The molecular weight excluding hydrogens is 404 g/mol. The van der Waals surface area contributed by atoms with Crippen molar-refractivity contribution in [1.29, 1.82) is 0 Å². The number of aromatic nitrogens is 1. The molecule has 1 aromatic heterocycles. The van der Waals surface area contributed by atoms with Crippen molar-refractivity contribution in [3.63, 3.8) is 0 Å². The van der Waals surface area contributed by atoms with E-state index in [2.05, 4.69) is 36.8 Å². The van der Waals surface area contributed by atoms with Crippen LogP contribution in [0.2, 0.25) is 0 Å². The first-order chi connectivity index (χ1) is 10.0. The molecule has 0 N–H and O–H groups in total. The number of hydrogen-bond donors (Lipinski definition) is 0. The molecular formula is C14H12Br2N2O3. The molecule has 110 valence electrons. The number of ether oxygens (including phenoxy) is 1. The number of benzene rings is 1. The highest BCUT2D eigenvalue weighted by Crippen LogP contribution is 2.29. The van der Waals surface area contributed by atoms with Gasteiger partial charge in [-0.1, -0.05) is 28.1 Å². The van der Waals surface area contributed by atoms with Crippen LogP contribution in [-0.4, -0.2) is 9.91 Å². The van der Waals surface area contributed by atoms with E-state index in [9.17, 15) is 10.1 Å². The van der Waals surface area contributed by atoms with E-state index in [0.29, 0.717) is 21.1 Å². The van der Waals surface area contributed by atoms with Gasteiger partial charge in [0.25, 0.3) is 5.69 Å². The van der Waals surface area contributed by atoms with Crippen LogP contribution in [0.15, 0.2) is 34.8 Å². The first kappa shape index (κ1) is 15.9. The SMILES string of the molecule is Cc1ccc(OCc2cccc([N+](=O)[O-])c2Br)c(CBr)n1. The topological polar surface area (TPSA) is 65.3 Å². The van der Waals surface area contributed by atoms with Crippen LogP contribution < -0.4 is 4.74 Å². The molecule has 0 aliphatic heterocycles. The van der Waals surface area contributed by atoms with Gasteiger partial charge in [0.1, 0.15) is 16.8 Å². The number of halogens is 2. The minimum Gasteiger partial charge on any atom is -0.487 e. The van der Waals surface area contributed by atoms with Gasteiger partial charge in [0.2, 0.25) is 0 Å². The molecule has 0 amide bonds. The lowest BCUT2D eigenvalue weighted by atomic mass is 10.2. The van der Waals surface area contributed by atoms with E-state index in [1.54, 1.807) is 12.1 Å². The molecule has 2 rings (SSSR count). The summed E-state index contributed by atoms with van der Waals surface area (Å²) >= 11 is 6.63. The Bertz CT molecular complexity index is 677. The Morgan fingerprint density at radius 3 is 2.76 bits per heavy atom.